The molecular weight excluding hydrogens is 432 g/mol. The van der Waals surface area contributed by atoms with Crippen LogP contribution in [-0.4, -0.2) is 32.3 Å². The molecule has 0 unspecified atom stereocenters. The zero-order chi connectivity index (χ0) is 17.8. The summed E-state index contributed by atoms with van der Waals surface area (Å²) in [6, 6.07) is 13.4. The number of anilines is 1. The van der Waals surface area contributed by atoms with Gasteiger partial charge < -0.3 is 15.0 Å². The minimum atomic E-state index is -0.209. The smallest absolute Gasteiger partial charge is 0.147 e. The number of halogens is 2. The van der Waals surface area contributed by atoms with Gasteiger partial charge in [-0.05, 0) is 64.6 Å². The maximum atomic E-state index is 14.4. The molecule has 1 aliphatic heterocycles. The lowest BCUT2D eigenvalue weighted by molar-refractivity contribution is 0.282. The molecule has 0 bridgehead atoms. The SMILES string of the molecule is CNC1=CCN(Cc2ccc(OC)cc2)CN1c1ccc(I)cc1F. The molecule has 2 aromatic rings. The Labute approximate surface area is 161 Å². The van der Waals surface area contributed by atoms with Crippen LogP contribution in [0, 0.1) is 9.39 Å². The van der Waals surface area contributed by atoms with E-state index in [1.165, 1.54) is 5.56 Å². The van der Waals surface area contributed by atoms with Gasteiger partial charge in [-0.2, -0.15) is 0 Å². The summed E-state index contributed by atoms with van der Waals surface area (Å²) >= 11 is 2.12. The Balaban J connectivity index is 1.79. The Morgan fingerprint density at radius 2 is 1.96 bits per heavy atom. The third-order valence-electron chi connectivity index (χ3n) is 4.20. The minimum absolute atomic E-state index is 0.209. The van der Waals surface area contributed by atoms with Gasteiger partial charge in [0.2, 0.25) is 0 Å². The molecule has 0 amide bonds. The van der Waals surface area contributed by atoms with Crippen LogP contribution < -0.4 is 15.0 Å². The molecule has 0 spiro atoms. The topological polar surface area (TPSA) is 27.7 Å². The highest BCUT2D eigenvalue weighted by Gasteiger charge is 2.22. The largest absolute Gasteiger partial charge is 0.497 e. The van der Waals surface area contributed by atoms with Crippen LogP contribution in [0.25, 0.3) is 0 Å². The molecule has 0 fully saturated rings. The van der Waals surface area contributed by atoms with Crippen molar-refractivity contribution in [2.45, 2.75) is 6.54 Å². The van der Waals surface area contributed by atoms with Gasteiger partial charge in [-0.25, -0.2) is 4.39 Å². The molecule has 1 aliphatic rings. The number of hydrogen-bond donors (Lipinski definition) is 1. The summed E-state index contributed by atoms with van der Waals surface area (Å²) in [6.07, 6.45) is 2.09. The fraction of sp³-hybridized carbons (Fsp3) is 0.263. The average Bonchev–Trinajstić information content (AvgIpc) is 2.62. The maximum absolute atomic E-state index is 14.4. The van der Waals surface area contributed by atoms with E-state index < -0.39 is 0 Å². The van der Waals surface area contributed by atoms with Gasteiger partial charge in [0, 0.05) is 23.7 Å². The van der Waals surface area contributed by atoms with Crippen LogP contribution in [0.5, 0.6) is 5.75 Å². The number of nitrogens with zero attached hydrogens (tertiary/aromatic N) is 2. The van der Waals surface area contributed by atoms with Crippen molar-refractivity contribution in [2.75, 3.05) is 32.3 Å². The second-order valence-corrected chi connectivity index (χ2v) is 7.11. The van der Waals surface area contributed by atoms with Crippen molar-refractivity contribution in [3.8, 4) is 5.75 Å². The van der Waals surface area contributed by atoms with Gasteiger partial charge in [0.15, 0.2) is 0 Å². The summed E-state index contributed by atoms with van der Waals surface area (Å²) < 4.78 is 20.5. The number of hydrogen-bond acceptors (Lipinski definition) is 4. The van der Waals surface area contributed by atoms with Gasteiger partial charge in [-0.3, -0.25) is 4.90 Å². The van der Waals surface area contributed by atoms with Crippen LogP contribution in [-0.2, 0) is 6.54 Å². The maximum Gasteiger partial charge on any atom is 0.147 e. The summed E-state index contributed by atoms with van der Waals surface area (Å²) in [7, 11) is 3.53. The summed E-state index contributed by atoms with van der Waals surface area (Å²) in [5.41, 5.74) is 1.78. The molecule has 0 saturated carbocycles. The van der Waals surface area contributed by atoms with Gasteiger partial charge in [0.25, 0.3) is 0 Å². The minimum Gasteiger partial charge on any atom is -0.497 e. The Kier molecular flexibility index (Phi) is 5.80. The normalized spacial score (nSPS) is 15.0. The first-order valence-corrected chi connectivity index (χ1v) is 9.14. The molecule has 1 N–H and O–H groups in total. The average molecular weight is 453 g/mol. The second-order valence-electron chi connectivity index (χ2n) is 5.86. The van der Waals surface area contributed by atoms with E-state index in [1.54, 1.807) is 13.2 Å². The molecule has 0 aliphatic carbocycles. The van der Waals surface area contributed by atoms with Crippen molar-refractivity contribution < 1.29 is 9.13 Å². The molecule has 4 nitrogen and oxygen atoms in total. The van der Waals surface area contributed by atoms with E-state index in [-0.39, 0.29) is 5.82 Å². The van der Waals surface area contributed by atoms with Gasteiger partial charge in [0.05, 0.1) is 19.5 Å². The molecule has 2 aromatic carbocycles. The van der Waals surface area contributed by atoms with E-state index >= 15 is 0 Å². The molecule has 0 radical (unpaired) electrons. The lowest BCUT2D eigenvalue weighted by Gasteiger charge is -2.37. The van der Waals surface area contributed by atoms with Gasteiger partial charge >= 0.3 is 0 Å². The van der Waals surface area contributed by atoms with E-state index in [4.69, 9.17) is 4.74 Å². The molecule has 25 heavy (non-hydrogen) atoms. The summed E-state index contributed by atoms with van der Waals surface area (Å²) in [5.74, 6) is 1.56. The molecule has 0 aromatic heterocycles. The highest BCUT2D eigenvalue weighted by atomic mass is 127. The van der Waals surface area contributed by atoms with Crippen molar-refractivity contribution in [2.24, 2.45) is 0 Å². The van der Waals surface area contributed by atoms with Crippen LogP contribution in [0.1, 0.15) is 5.56 Å². The molecule has 0 atom stereocenters. The highest BCUT2D eigenvalue weighted by Crippen LogP contribution is 2.26. The number of ether oxygens (including phenoxy) is 1. The summed E-state index contributed by atoms with van der Waals surface area (Å²) in [6.45, 7) is 2.22. The van der Waals surface area contributed by atoms with E-state index in [2.05, 4.69) is 51.0 Å². The van der Waals surface area contributed by atoms with Crippen molar-refractivity contribution in [3.63, 3.8) is 0 Å². The number of methoxy groups -OCH3 is 1. The first-order valence-electron chi connectivity index (χ1n) is 8.06. The Bertz CT molecular complexity index is 764. The van der Waals surface area contributed by atoms with E-state index in [0.29, 0.717) is 12.4 Å². The molecule has 1 heterocycles. The fourth-order valence-corrected chi connectivity index (χ4v) is 3.36. The summed E-state index contributed by atoms with van der Waals surface area (Å²) in [5, 5.41) is 3.17. The number of rotatable bonds is 5. The molecule has 132 valence electrons. The van der Waals surface area contributed by atoms with Crippen LogP contribution in [0.3, 0.4) is 0 Å². The van der Waals surface area contributed by atoms with Gasteiger partial charge in [0.1, 0.15) is 17.4 Å². The first kappa shape index (κ1) is 18.0. The van der Waals surface area contributed by atoms with Crippen LogP contribution in [0.4, 0.5) is 10.1 Å². The zero-order valence-corrected chi connectivity index (χ0v) is 16.5. The van der Waals surface area contributed by atoms with Crippen molar-refractivity contribution in [1.82, 2.24) is 10.2 Å². The quantitative estimate of drug-likeness (QED) is 0.698. The van der Waals surface area contributed by atoms with E-state index in [1.807, 2.05) is 36.2 Å². The molecule has 6 heteroatoms. The third kappa shape index (κ3) is 4.24. The number of nitrogens with one attached hydrogen (secondary N) is 1. The first-order chi connectivity index (χ1) is 12.1. The van der Waals surface area contributed by atoms with Crippen LogP contribution in [0.15, 0.2) is 54.4 Å². The van der Waals surface area contributed by atoms with Gasteiger partial charge in [-0.1, -0.05) is 12.1 Å². The Morgan fingerprint density at radius 3 is 2.60 bits per heavy atom. The monoisotopic (exact) mass is 453 g/mol. The second kappa shape index (κ2) is 8.05. The van der Waals surface area contributed by atoms with E-state index in [0.717, 1.165) is 28.2 Å². The number of benzene rings is 2. The van der Waals surface area contributed by atoms with Crippen molar-refractivity contribution >= 4 is 28.3 Å². The molecular formula is C19H21FIN3O. The predicted octanol–water partition coefficient (Wildman–Crippen LogP) is 3.78. The highest BCUT2D eigenvalue weighted by molar-refractivity contribution is 14.1. The molecule has 3 rings (SSSR count). The zero-order valence-electron chi connectivity index (χ0n) is 14.3. The standard InChI is InChI=1S/C19H21FIN3O/c1-22-19-9-10-23(12-14-3-6-16(25-2)7-4-14)13-24(19)18-8-5-15(21)11-17(18)20/h3-9,11,22H,10,12-13H2,1-2H3. The molecule has 0 saturated heterocycles. The fourth-order valence-electron chi connectivity index (χ4n) is 2.91. The Morgan fingerprint density at radius 1 is 1.20 bits per heavy atom. The summed E-state index contributed by atoms with van der Waals surface area (Å²) in [4.78, 5) is 4.23. The van der Waals surface area contributed by atoms with Crippen molar-refractivity contribution in [3.05, 3.63) is 69.3 Å². The van der Waals surface area contributed by atoms with Crippen molar-refractivity contribution in [1.29, 1.82) is 0 Å². The lowest BCUT2D eigenvalue weighted by Crippen LogP contribution is -2.44. The van der Waals surface area contributed by atoms with Crippen LogP contribution in [0.2, 0.25) is 0 Å². The van der Waals surface area contributed by atoms with Gasteiger partial charge in [-0.15, -0.1) is 0 Å². The third-order valence-corrected chi connectivity index (χ3v) is 4.87. The van der Waals surface area contributed by atoms with E-state index in [9.17, 15) is 4.39 Å². The predicted molar refractivity (Wildman–Crippen MR) is 107 cm³/mol. The Hall–Kier alpha value is -1.80. The lowest BCUT2D eigenvalue weighted by atomic mass is 10.2. The van der Waals surface area contributed by atoms with Crippen LogP contribution >= 0.6 is 22.6 Å².